The van der Waals surface area contributed by atoms with Gasteiger partial charge in [-0.2, -0.15) is 0 Å². The topological polar surface area (TPSA) is 85.1 Å². The van der Waals surface area contributed by atoms with E-state index in [0.29, 0.717) is 5.56 Å². The summed E-state index contributed by atoms with van der Waals surface area (Å²) in [6.45, 7) is 5.51. The van der Waals surface area contributed by atoms with Crippen LogP contribution in [0.1, 0.15) is 49.7 Å². The lowest BCUT2D eigenvalue weighted by Gasteiger charge is -2.24. The molecule has 20 heavy (non-hydrogen) atoms. The van der Waals surface area contributed by atoms with Gasteiger partial charge in [-0.15, -0.1) is 0 Å². The maximum atomic E-state index is 12.2. The fourth-order valence-corrected chi connectivity index (χ4v) is 2.15. The number of primary amides is 1. The van der Waals surface area contributed by atoms with Gasteiger partial charge in [0.15, 0.2) is 0 Å². The predicted octanol–water partition coefficient (Wildman–Crippen LogP) is 2.07. The average molecular weight is 298 g/mol. The van der Waals surface area contributed by atoms with Gasteiger partial charge >= 0.3 is 0 Å². The highest BCUT2D eigenvalue weighted by Crippen LogP contribution is 2.15. The third-order valence-corrected chi connectivity index (χ3v) is 2.88. The van der Waals surface area contributed by atoms with Crippen LogP contribution in [0.15, 0.2) is 12.1 Å². The van der Waals surface area contributed by atoms with Crippen molar-refractivity contribution >= 4 is 23.4 Å². The fraction of sp³-hybridized carbons (Fsp3) is 0.500. The van der Waals surface area contributed by atoms with Crippen LogP contribution in [0.2, 0.25) is 5.15 Å². The molecule has 0 bridgehead atoms. The molecule has 0 atom stereocenters. The molecule has 3 N–H and O–H groups in total. The van der Waals surface area contributed by atoms with E-state index < -0.39 is 11.4 Å². The largest absolute Gasteiger partial charge is 0.370 e. The molecule has 0 saturated heterocycles. The van der Waals surface area contributed by atoms with Gasteiger partial charge in [-0.05, 0) is 32.4 Å². The first-order valence-electron chi connectivity index (χ1n) is 6.51. The Kier molecular flexibility index (Phi) is 5.51. The molecule has 0 aromatic carbocycles. The summed E-state index contributed by atoms with van der Waals surface area (Å²) in [6.07, 6.45) is 1.74. The Morgan fingerprint density at radius 1 is 1.40 bits per heavy atom. The molecule has 0 aliphatic carbocycles. The normalized spacial score (nSPS) is 11.2. The second-order valence-electron chi connectivity index (χ2n) is 5.40. The van der Waals surface area contributed by atoms with E-state index in [4.69, 9.17) is 17.3 Å². The summed E-state index contributed by atoms with van der Waals surface area (Å²) in [5, 5.41) is 3.06. The zero-order valence-electron chi connectivity index (χ0n) is 12.0. The molecule has 0 saturated carbocycles. The number of halogens is 1. The molecule has 1 heterocycles. The molecule has 0 aliphatic rings. The number of nitrogens with two attached hydrogens (primary N) is 1. The SMILES string of the molecule is CCCc1cc(C(=O)NC(C)(C)CC(N)=O)cc(Cl)n1. The summed E-state index contributed by atoms with van der Waals surface area (Å²) in [4.78, 5) is 27.3. The Morgan fingerprint density at radius 3 is 2.60 bits per heavy atom. The van der Waals surface area contributed by atoms with Crippen molar-refractivity contribution in [3.8, 4) is 0 Å². The first-order chi connectivity index (χ1) is 9.23. The molecule has 0 radical (unpaired) electrons. The van der Waals surface area contributed by atoms with Crippen molar-refractivity contribution in [2.24, 2.45) is 5.73 Å². The molecule has 110 valence electrons. The summed E-state index contributed by atoms with van der Waals surface area (Å²) >= 11 is 5.92. The van der Waals surface area contributed by atoms with Gasteiger partial charge in [0, 0.05) is 23.2 Å². The molecule has 0 unspecified atom stereocenters. The molecule has 5 nitrogen and oxygen atoms in total. The lowest BCUT2D eigenvalue weighted by Crippen LogP contribution is -2.46. The van der Waals surface area contributed by atoms with Gasteiger partial charge in [0.05, 0.1) is 0 Å². The molecule has 0 aliphatic heterocycles. The number of carbonyl (C=O) groups excluding carboxylic acids is 2. The van der Waals surface area contributed by atoms with E-state index in [1.165, 1.54) is 6.07 Å². The van der Waals surface area contributed by atoms with E-state index in [9.17, 15) is 9.59 Å². The van der Waals surface area contributed by atoms with Crippen molar-refractivity contribution in [2.75, 3.05) is 0 Å². The number of nitrogens with one attached hydrogen (secondary N) is 1. The Bertz CT molecular complexity index is 515. The summed E-state index contributed by atoms with van der Waals surface area (Å²) in [7, 11) is 0. The van der Waals surface area contributed by atoms with Crippen molar-refractivity contribution < 1.29 is 9.59 Å². The minimum absolute atomic E-state index is 0.0688. The Balaban J connectivity index is 2.89. The second kappa shape index (κ2) is 6.70. The smallest absolute Gasteiger partial charge is 0.251 e. The van der Waals surface area contributed by atoms with Gasteiger partial charge in [-0.25, -0.2) is 4.98 Å². The van der Waals surface area contributed by atoms with Gasteiger partial charge < -0.3 is 11.1 Å². The first-order valence-corrected chi connectivity index (χ1v) is 6.88. The maximum absolute atomic E-state index is 12.2. The zero-order chi connectivity index (χ0) is 15.3. The van der Waals surface area contributed by atoms with Crippen LogP contribution < -0.4 is 11.1 Å². The molecule has 0 fully saturated rings. The van der Waals surface area contributed by atoms with Gasteiger partial charge in [0.25, 0.3) is 5.91 Å². The molecule has 1 rings (SSSR count). The van der Waals surface area contributed by atoms with E-state index in [1.54, 1.807) is 19.9 Å². The number of aromatic nitrogens is 1. The van der Waals surface area contributed by atoms with Crippen LogP contribution in [0.3, 0.4) is 0 Å². The molecule has 2 amide bonds. The number of pyridine rings is 1. The molecule has 6 heteroatoms. The number of aryl methyl sites for hydroxylation is 1. The number of rotatable bonds is 6. The fourth-order valence-electron chi connectivity index (χ4n) is 1.93. The summed E-state index contributed by atoms with van der Waals surface area (Å²) in [5.74, 6) is -0.757. The Hall–Kier alpha value is -1.62. The monoisotopic (exact) mass is 297 g/mol. The third kappa shape index (κ3) is 5.17. The van der Waals surface area contributed by atoms with Crippen LogP contribution in [-0.4, -0.2) is 22.3 Å². The van der Waals surface area contributed by atoms with Crippen LogP contribution in [0.5, 0.6) is 0 Å². The van der Waals surface area contributed by atoms with Crippen molar-refractivity contribution in [1.82, 2.24) is 10.3 Å². The third-order valence-electron chi connectivity index (χ3n) is 2.68. The number of hydrogen-bond acceptors (Lipinski definition) is 3. The van der Waals surface area contributed by atoms with Crippen molar-refractivity contribution in [3.63, 3.8) is 0 Å². The van der Waals surface area contributed by atoms with E-state index in [-0.39, 0.29) is 17.5 Å². The Morgan fingerprint density at radius 2 is 2.05 bits per heavy atom. The minimum atomic E-state index is -0.705. The minimum Gasteiger partial charge on any atom is -0.370 e. The van der Waals surface area contributed by atoms with Gasteiger partial charge in [0.1, 0.15) is 5.15 Å². The van der Waals surface area contributed by atoms with Gasteiger partial charge in [0.2, 0.25) is 5.91 Å². The quantitative estimate of drug-likeness (QED) is 0.788. The Labute approximate surface area is 123 Å². The average Bonchev–Trinajstić information content (AvgIpc) is 2.25. The zero-order valence-corrected chi connectivity index (χ0v) is 12.8. The highest BCUT2D eigenvalue weighted by molar-refractivity contribution is 6.29. The molecular formula is C14H20ClN3O2. The predicted molar refractivity (Wildman–Crippen MR) is 78.6 cm³/mol. The van der Waals surface area contributed by atoms with Crippen LogP contribution in [-0.2, 0) is 11.2 Å². The molecule has 1 aromatic heterocycles. The van der Waals surface area contributed by atoms with Crippen LogP contribution >= 0.6 is 11.6 Å². The molecule has 0 spiro atoms. The van der Waals surface area contributed by atoms with Crippen LogP contribution in [0, 0.1) is 0 Å². The van der Waals surface area contributed by atoms with Crippen LogP contribution in [0.4, 0.5) is 0 Å². The van der Waals surface area contributed by atoms with Gasteiger partial charge in [-0.3, -0.25) is 9.59 Å². The standard InChI is InChI=1S/C14H20ClN3O2/c1-4-5-10-6-9(7-11(15)17-10)13(20)18-14(2,3)8-12(16)19/h6-7H,4-5,8H2,1-3H3,(H2,16,19)(H,18,20). The molecule has 1 aromatic rings. The first kappa shape index (κ1) is 16.4. The summed E-state index contributed by atoms with van der Waals surface area (Å²) in [5.41, 5.74) is 5.67. The number of amides is 2. The van der Waals surface area contributed by atoms with E-state index in [0.717, 1.165) is 18.5 Å². The lowest BCUT2D eigenvalue weighted by molar-refractivity contribution is -0.119. The highest BCUT2D eigenvalue weighted by atomic mass is 35.5. The summed E-state index contributed by atoms with van der Waals surface area (Å²) < 4.78 is 0. The second-order valence-corrected chi connectivity index (χ2v) is 5.79. The van der Waals surface area contributed by atoms with Crippen molar-refractivity contribution in [1.29, 1.82) is 0 Å². The maximum Gasteiger partial charge on any atom is 0.251 e. The summed E-state index contributed by atoms with van der Waals surface area (Å²) in [6, 6.07) is 3.22. The number of nitrogens with zero attached hydrogens (tertiary/aromatic N) is 1. The molecular weight excluding hydrogens is 278 g/mol. The lowest BCUT2D eigenvalue weighted by atomic mass is 9.99. The van der Waals surface area contributed by atoms with E-state index in [2.05, 4.69) is 10.3 Å². The van der Waals surface area contributed by atoms with Crippen LogP contribution in [0.25, 0.3) is 0 Å². The van der Waals surface area contributed by atoms with Crippen molar-refractivity contribution in [3.05, 3.63) is 28.5 Å². The van der Waals surface area contributed by atoms with E-state index >= 15 is 0 Å². The van der Waals surface area contributed by atoms with Crippen molar-refractivity contribution in [2.45, 2.75) is 45.6 Å². The number of carbonyl (C=O) groups is 2. The highest BCUT2D eigenvalue weighted by Gasteiger charge is 2.23. The van der Waals surface area contributed by atoms with E-state index in [1.807, 2.05) is 6.92 Å². The number of hydrogen-bond donors (Lipinski definition) is 2. The van der Waals surface area contributed by atoms with Gasteiger partial charge in [-0.1, -0.05) is 24.9 Å².